The Morgan fingerprint density at radius 1 is 1.28 bits per heavy atom. The van der Waals surface area contributed by atoms with Gasteiger partial charge in [-0.1, -0.05) is 12.1 Å². The molecule has 1 heterocycles. The van der Waals surface area contributed by atoms with Crippen molar-refractivity contribution in [1.29, 1.82) is 0 Å². The van der Waals surface area contributed by atoms with Crippen LogP contribution < -0.4 is 4.90 Å². The first-order valence-electron chi connectivity index (χ1n) is 5.98. The van der Waals surface area contributed by atoms with Gasteiger partial charge in [-0.2, -0.15) is 0 Å². The molecule has 1 aliphatic rings. The van der Waals surface area contributed by atoms with E-state index < -0.39 is 11.6 Å². The van der Waals surface area contributed by atoms with Crippen LogP contribution in [0.25, 0.3) is 0 Å². The lowest BCUT2D eigenvalue weighted by molar-refractivity contribution is -0.151. The van der Waals surface area contributed by atoms with Crippen LogP contribution >= 0.6 is 0 Å². The van der Waals surface area contributed by atoms with Gasteiger partial charge in [-0.15, -0.1) is 0 Å². The van der Waals surface area contributed by atoms with Crippen molar-refractivity contribution in [2.24, 2.45) is 0 Å². The normalized spacial score (nSPS) is 24.6. The van der Waals surface area contributed by atoms with Gasteiger partial charge in [0.05, 0.1) is 5.69 Å². The topological polar surface area (TPSA) is 60.8 Å². The number of hydrogen-bond acceptors (Lipinski definition) is 3. The second kappa shape index (κ2) is 4.84. The first-order chi connectivity index (χ1) is 8.53. The number of carboxylic acid groups (broad SMARTS) is 1. The molecule has 1 aromatic carbocycles. The zero-order chi connectivity index (χ0) is 13.2. The lowest BCUT2D eigenvalue weighted by Gasteiger charge is -2.24. The number of anilines is 1. The quantitative estimate of drug-likeness (QED) is 0.848. The molecule has 0 aromatic heterocycles. The van der Waals surface area contributed by atoms with Gasteiger partial charge in [-0.05, 0) is 25.0 Å². The fourth-order valence-electron chi connectivity index (χ4n) is 2.29. The highest BCUT2D eigenvalue weighted by molar-refractivity contribution is 5.77. The number of phenols is 1. The fraction of sp³-hybridized carbons (Fsp3) is 0.462. The van der Waals surface area contributed by atoms with Gasteiger partial charge >= 0.3 is 5.97 Å². The maximum Gasteiger partial charge on any atom is 0.341 e. The second-order valence-electron chi connectivity index (χ2n) is 4.60. The molecule has 1 aromatic rings. The van der Waals surface area contributed by atoms with E-state index in [4.69, 9.17) is 5.11 Å². The van der Waals surface area contributed by atoms with Crippen LogP contribution in [-0.2, 0) is 4.79 Å². The highest BCUT2D eigenvalue weighted by atomic mass is 19.1. The number of aliphatic carboxylic acids is 1. The van der Waals surface area contributed by atoms with Crippen molar-refractivity contribution < 1.29 is 19.4 Å². The molecule has 18 heavy (non-hydrogen) atoms. The Hall–Kier alpha value is -1.78. The zero-order valence-corrected chi connectivity index (χ0v) is 9.97. The Bertz CT molecular complexity index is 452. The monoisotopic (exact) mass is 253 g/mol. The summed E-state index contributed by atoms with van der Waals surface area (Å²) in [6.07, 6.45) is 0.417. The van der Waals surface area contributed by atoms with E-state index in [0.717, 1.165) is 0 Å². The molecule has 2 N–H and O–H groups in total. The van der Waals surface area contributed by atoms with Gasteiger partial charge in [0.15, 0.2) is 0 Å². The largest absolute Gasteiger partial charge is 0.506 e. The predicted molar refractivity (Wildman–Crippen MR) is 65.6 cm³/mol. The van der Waals surface area contributed by atoms with Gasteiger partial charge in [-0.3, -0.25) is 0 Å². The van der Waals surface area contributed by atoms with E-state index in [2.05, 4.69) is 0 Å². The van der Waals surface area contributed by atoms with Crippen LogP contribution in [-0.4, -0.2) is 34.9 Å². The smallest absolute Gasteiger partial charge is 0.341 e. The Balaban J connectivity index is 2.15. The maximum absolute atomic E-state index is 14.1. The molecular weight excluding hydrogens is 237 g/mol. The van der Waals surface area contributed by atoms with Crippen molar-refractivity contribution in [3.8, 4) is 5.75 Å². The molecule has 0 radical (unpaired) electrons. The number of rotatable bonds is 2. The molecular formula is C13H16FNO3. The molecule has 0 spiro atoms. The summed E-state index contributed by atoms with van der Waals surface area (Å²) in [7, 11) is 0. The van der Waals surface area contributed by atoms with Crippen LogP contribution in [0, 0.1) is 0 Å². The first kappa shape index (κ1) is 12.7. The summed E-state index contributed by atoms with van der Waals surface area (Å²) in [6, 6.07) is 6.83. The lowest BCUT2D eigenvalue weighted by Crippen LogP contribution is -2.35. The number of benzene rings is 1. The van der Waals surface area contributed by atoms with Crippen LogP contribution in [0.15, 0.2) is 24.3 Å². The molecule has 2 rings (SSSR count). The molecule has 5 heteroatoms. The van der Waals surface area contributed by atoms with Crippen molar-refractivity contribution in [2.75, 3.05) is 18.0 Å². The third-order valence-electron chi connectivity index (χ3n) is 3.38. The van der Waals surface area contributed by atoms with Crippen LogP contribution in [0.2, 0.25) is 0 Å². The van der Waals surface area contributed by atoms with Gasteiger partial charge in [0.2, 0.25) is 5.67 Å². The Labute approximate surface area is 105 Å². The average molecular weight is 253 g/mol. The summed E-state index contributed by atoms with van der Waals surface area (Å²) >= 11 is 0. The number of halogens is 1. The summed E-state index contributed by atoms with van der Waals surface area (Å²) in [4.78, 5) is 12.7. The minimum Gasteiger partial charge on any atom is -0.506 e. The van der Waals surface area contributed by atoms with Crippen molar-refractivity contribution in [3.63, 3.8) is 0 Å². The van der Waals surface area contributed by atoms with Gasteiger partial charge in [0, 0.05) is 19.5 Å². The van der Waals surface area contributed by atoms with E-state index in [-0.39, 0.29) is 18.6 Å². The summed E-state index contributed by atoms with van der Waals surface area (Å²) in [5.74, 6) is -1.25. The fourth-order valence-corrected chi connectivity index (χ4v) is 2.29. The van der Waals surface area contributed by atoms with Crippen LogP contribution in [0.3, 0.4) is 0 Å². The summed E-state index contributed by atoms with van der Waals surface area (Å²) in [5, 5.41) is 18.6. The van der Waals surface area contributed by atoms with Crippen molar-refractivity contribution in [3.05, 3.63) is 24.3 Å². The minimum absolute atomic E-state index is 0.0203. The number of aromatic hydroxyl groups is 1. The first-order valence-corrected chi connectivity index (χ1v) is 5.98. The average Bonchev–Trinajstić information content (AvgIpc) is 2.53. The summed E-state index contributed by atoms with van der Waals surface area (Å²) in [5.41, 5.74) is -1.51. The molecule has 0 amide bonds. The number of hydrogen-bond donors (Lipinski definition) is 2. The molecule has 1 aliphatic heterocycles. The number of alkyl halides is 1. The van der Waals surface area contributed by atoms with E-state index >= 15 is 0 Å². The number of carboxylic acids is 1. The van der Waals surface area contributed by atoms with Crippen LogP contribution in [0.1, 0.15) is 19.3 Å². The van der Waals surface area contributed by atoms with Crippen LogP contribution in [0.5, 0.6) is 5.75 Å². The van der Waals surface area contributed by atoms with Crippen molar-refractivity contribution in [2.45, 2.75) is 24.9 Å². The Morgan fingerprint density at radius 2 is 2.00 bits per heavy atom. The van der Waals surface area contributed by atoms with Gasteiger partial charge in [-0.25, -0.2) is 9.18 Å². The highest BCUT2D eigenvalue weighted by Crippen LogP contribution is 2.32. The molecule has 1 fully saturated rings. The van der Waals surface area contributed by atoms with Gasteiger partial charge < -0.3 is 15.1 Å². The van der Waals surface area contributed by atoms with E-state index in [1.54, 1.807) is 24.3 Å². The van der Waals surface area contributed by atoms with Gasteiger partial charge in [0.25, 0.3) is 0 Å². The number of nitrogens with zero attached hydrogens (tertiary/aromatic N) is 1. The maximum atomic E-state index is 14.1. The molecule has 1 unspecified atom stereocenters. The summed E-state index contributed by atoms with van der Waals surface area (Å²) < 4.78 is 14.1. The third kappa shape index (κ3) is 2.39. The van der Waals surface area contributed by atoms with E-state index in [9.17, 15) is 14.3 Å². The summed E-state index contributed by atoms with van der Waals surface area (Å²) in [6.45, 7) is 0.844. The molecule has 98 valence electrons. The molecule has 0 aliphatic carbocycles. The molecule has 0 bridgehead atoms. The SMILES string of the molecule is O=C(O)C1(F)CCCN(c2ccccc2O)CC1. The van der Waals surface area contributed by atoms with Crippen LogP contribution in [0.4, 0.5) is 10.1 Å². The molecule has 1 atom stereocenters. The molecule has 0 saturated carbocycles. The number of para-hydroxylation sites is 2. The molecule has 1 saturated heterocycles. The number of carbonyl (C=O) groups is 1. The Morgan fingerprint density at radius 3 is 2.67 bits per heavy atom. The van der Waals surface area contributed by atoms with Crippen molar-refractivity contribution in [1.82, 2.24) is 0 Å². The minimum atomic E-state index is -2.14. The highest BCUT2D eigenvalue weighted by Gasteiger charge is 2.40. The Kier molecular flexibility index (Phi) is 3.41. The standard InChI is InChI=1S/C13H16FNO3/c14-13(12(17)18)6-3-8-15(9-7-13)10-4-1-2-5-11(10)16/h1-2,4-5,16H,3,6-9H2,(H,17,18). The second-order valence-corrected chi connectivity index (χ2v) is 4.60. The van der Waals surface area contributed by atoms with E-state index in [1.807, 2.05) is 4.90 Å². The predicted octanol–water partition coefficient (Wildman–Crippen LogP) is 2.18. The lowest BCUT2D eigenvalue weighted by atomic mass is 9.97. The molecule has 4 nitrogen and oxygen atoms in total. The van der Waals surface area contributed by atoms with Gasteiger partial charge in [0.1, 0.15) is 5.75 Å². The van der Waals surface area contributed by atoms with Crippen molar-refractivity contribution >= 4 is 11.7 Å². The number of phenolic OH excluding ortho intramolecular Hbond substituents is 1. The zero-order valence-electron chi connectivity index (χ0n) is 9.97. The van der Waals surface area contributed by atoms with E-state index in [0.29, 0.717) is 25.2 Å². The third-order valence-corrected chi connectivity index (χ3v) is 3.38. The van der Waals surface area contributed by atoms with E-state index in [1.165, 1.54) is 0 Å².